The molecule has 7 heteroatoms. The van der Waals surface area contributed by atoms with Crippen LogP contribution >= 0.6 is 11.3 Å². The number of aryl methyl sites for hydroxylation is 1. The lowest BCUT2D eigenvalue weighted by Gasteiger charge is -2.24. The zero-order valence-electron chi connectivity index (χ0n) is 16.3. The van der Waals surface area contributed by atoms with Crippen LogP contribution in [0.2, 0.25) is 0 Å². The molecular formula is C22H26N2O4S. The molecule has 2 bridgehead atoms. The number of hydrogen-bond donors (Lipinski definition) is 3. The number of carbonyl (C=O) groups is 3. The summed E-state index contributed by atoms with van der Waals surface area (Å²) in [6.07, 6.45) is 11.8. The van der Waals surface area contributed by atoms with Gasteiger partial charge in [0, 0.05) is 10.9 Å². The molecule has 1 aromatic rings. The summed E-state index contributed by atoms with van der Waals surface area (Å²) in [4.78, 5) is 39.2. The van der Waals surface area contributed by atoms with Gasteiger partial charge in [0.1, 0.15) is 5.00 Å². The number of aliphatic carboxylic acids is 1. The summed E-state index contributed by atoms with van der Waals surface area (Å²) in [5, 5.41) is 16.4. The topological polar surface area (TPSA) is 95.5 Å². The summed E-state index contributed by atoms with van der Waals surface area (Å²) in [6.45, 7) is 0. The van der Waals surface area contributed by atoms with Gasteiger partial charge >= 0.3 is 5.97 Å². The Hall–Kier alpha value is -2.15. The Bertz CT molecular complexity index is 899. The molecule has 2 fully saturated rings. The molecule has 0 saturated heterocycles. The van der Waals surface area contributed by atoms with Crippen LogP contribution < -0.4 is 10.6 Å². The summed E-state index contributed by atoms with van der Waals surface area (Å²) >= 11 is 1.49. The Morgan fingerprint density at radius 2 is 1.72 bits per heavy atom. The highest BCUT2D eigenvalue weighted by Gasteiger charge is 2.51. The second-order valence-electron chi connectivity index (χ2n) is 8.84. The predicted molar refractivity (Wildman–Crippen MR) is 110 cm³/mol. The minimum Gasteiger partial charge on any atom is -0.481 e. The first kappa shape index (κ1) is 18.9. The summed E-state index contributed by atoms with van der Waals surface area (Å²) in [6, 6.07) is 0.218. The Kier molecular flexibility index (Phi) is 4.73. The molecule has 5 rings (SSSR count). The van der Waals surface area contributed by atoms with E-state index in [-0.39, 0.29) is 29.7 Å². The quantitative estimate of drug-likeness (QED) is 0.644. The van der Waals surface area contributed by atoms with Crippen LogP contribution in [0.25, 0.3) is 0 Å². The average Bonchev–Trinajstić information content (AvgIpc) is 3.46. The lowest BCUT2D eigenvalue weighted by Crippen LogP contribution is -2.37. The smallest absolute Gasteiger partial charge is 0.307 e. The lowest BCUT2D eigenvalue weighted by atomic mass is 9.82. The van der Waals surface area contributed by atoms with E-state index in [1.54, 1.807) is 0 Å². The van der Waals surface area contributed by atoms with E-state index < -0.39 is 17.8 Å². The minimum atomic E-state index is -0.908. The highest BCUT2D eigenvalue weighted by atomic mass is 32.1. The molecule has 4 aliphatic rings. The highest BCUT2D eigenvalue weighted by Crippen LogP contribution is 2.49. The SMILES string of the molecule is O=C(NC1CCCC1)c1c(NC(=O)[C@@H]2[C@H](C(=O)O)[C@@H]3C=C[C@H]2C3)sc2c1CCC2. The van der Waals surface area contributed by atoms with E-state index in [2.05, 4.69) is 10.6 Å². The van der Waals surface area contributed by atoms with Gasteiger partial charge in [0.15, 0.2) is 0 Å². The van der Waals surface area contributed by atoms with Crippen molar-refractivity contribution in [2.24, 2.45) is 23.7 Å². The van der Waals surface area contributed by atoms with Gasteiger partial charge in [-0.05, 0) is 55.9 Å². The fraction of sp³-hybridized carbons (Fsp3) is 0.591. The van der Waals surface area contributed by atoms with Gasteiger partial charge in [-0.1, -0.05) is 25.0 Å². The van der Waals surface area contributed by atoms with E-state index in [0.29, 0.717) is 10.6 Å². The van der Waals surface area contributed by atoms with Gasteiger partial charge in [-0.15, -0.1) is 11.3 Å². The molecule has 0 unspecified atom stereocenters. The third-order valence-electron chi connectivity index (χ3n) is 7.12. The summed E-state index contributed by atoms with van der Waals surface area (Å²) in [5.41, 5.74) is 1.69. The van der Waals surface area contributed by atoms with Crippen LogP contribution in [0, 0.1) is 23.7 Å². The van der Waals surface area contributed by atoms with Gasteiger partial charge in [-0.2, -0.15) is 0 Å². The monoisotopic (exact) mass is 414 g/mol. The standard InChI is InChI=1S/C22H26N2O4S/c25-19(16-11-8-9-12(10-11)17(16)22(27)28)24-21-18(14-6-3-7-15(14)29-21)20(26)23-13-4-1-2-5-13/h8-9,11-13,16-17H,1-7,10H2,(H,23,26)(H,24,25)(H,27,28)/t11-,12+,16-,17+/m0/s1. The molecular weight excluding hydrogens is 388 g/mol. The highest BCUT2D eigenvalue weighted by molar-refractivity contribution is 7.17. The summed E-state index contributed by atoms with van der Waals surface area (Å²) in [7, 11) is 0. The first-order valence-electron chi connectivity index (χ1n) is 10.7. The van der Waals surface area contributed by atoms with Crippen molar-refractivity contribution < 1.29 is 19.5 Å². The van der Waals surface area contributed by atoms with Crippen molar-refractivity contribution in [3.05, 3.63) is 28.2 Å². The van der Waals surface area contributed by atoms with E-state index in [9.17, 15) is 19.5 Å². The number of carboxylic acid groups (broad SMARTS) is 1. The maximum absolute atomic E-state index is 13.1. The van der Waals surface area contributed by atoms with Gasteiger partial charge in [0.05, 0.1) is 17.4 Å². The van der Waals surface area contributed by atoms with Crippen molar-refractivity contribution in [3.8, 4) is 0 Å². The number of carboxylic acids is 1. The second-order valence-corrected chi connectivity index (χ2v) is 9.95. The van der Waals surface area contributed by atoms with Crippen LogP contribution in [-0.2, 0) is 22.4 Å². The molecule has 2 saturated carbocycles. The number of hydrogen-bond acceptors (Lipinski definition) is 4. The molecule has 29 heavy (non-hydrogen) atoms. The number of allylic oxidation sites excluding steroid dienone is 2. The summed E-state index contributed by atoms with van der Waals surface area (Å²) < 4.78 is 0. The van der Waals surface area contributed by atoms with Crippen molar-refractivity contribution in [1.29, 1.82) is 0 Å². The van der Waals surface area contributed by atoms with Gasteiger partial charge in [0.2, 0.25) is 5.91 Å². The molecule has 3 N–H and O–H groups in total. The zero-order valence-corrected chi connectivity index (χ0v) is 17.1. The van der Waals surface area contributed by atoms with Crippen molar-refractivity contribution in [2.75, 3.05) is 5.32 Å². The Morgan fingerprint density at radius 3 is 2.45 bits per heavy atom. The van der Waals surface area contributed by atoms with Crippen LogP contribution in [-0.4, -0.2) is 28.9 Å². The maximum atomic E-state index is 13.1. The van der Waals surface area contributed by atoms with Crippen LogP contribution in [0.4, 0.5) is 5.00 Å². The first-order chi connectivity index (χ1) is 14.0. The van der Waals surface area contributed by atoms with Crippen LogP contribution in [0.1, 0.15) is 59.3 Å². The molecule has 6 nitrogen and oxygen atoms in total. The normalized spacial score (nSPS) is 29.9. The third-order valence-corrected chi connectivity index (χ3v) is 8.33. The van der Waals surface area contributed by atoms with Gasteiger partial charge in [-0.25, -0.2) is 0 Å². The maximum Gasteiger partial charge on any atom is 0.307 e. The number of rotatable bonds is 5. The van der Waals surface area contributed by atoms with Gasteiger partial charge in [-0.3, -0.25) is 14.4 Å². The molecule has 154 valence electrons. The van der Waals surface area contributed by atoms with Crippen molar-refractivity contribution in [2.45, 2.75) is 57.4 Å². The third kappa shape index (κ3) is 3.19. The van der Waals surface area contributed by atoms with E-state index >= 15 is 0 Å². The molecule has 0 aromatic carbocycles. The van der Waals surface area contributed by atoms with Crippen LogP contribution in [0.5, 0.6) is 0 Å². The number of fused-ring (bicyclic) bond motifs is 3. The fourth-order valence-corrected chi connectivity index (χ4v) is 7.06. The lowest BCUT2D eigenvalue weighted by molar-refractivity contribution is -0.146. The van der Waals surface area contributed by atoms with Gasteiger partial charge in [0.25, 0.3) is 5.91 Å². The van der Waals surface area contributed by atoms with E-state index in [1.165, 1.54) is 16.2 Å². The molecule has 1 heterocycles. The Labute approximate surface area is 173 Å². The molecule has 4 aliphatic carbocycles. The predicted octanol–water partition coefficient (Wildman–Crippen LogP) is 3.37. The van der Waals surface area contributed by atoms with Crippen molar-refractivity contribution in [3.63, 3.8) is 0 Å². The van der Waals surface area contributed by atoms with E-state index in [4.69, 9.17) is 0 Å². The fourth-order valence-electron chi connectivity index (χ4n) is 5.77. The largest absolute Gasteiger partial charge is 0.481 e. The first-order valence-corrected chi connectivity index (χ1v) is 11.5. The second kappa shape index (κ2) is 7.27. The van der Waals surface area contributed by atoms with E-state index in [0.717, 1.165) is 56.9 Å². The molecule has 4 atom stereocenters. The van der Waals surface area contributed by atoms with E-state index in [1.807, 2.05) is 12.2 Å². The number of nitrogens with one attached hydrogen (secondary N) is 2. The number of thiophene rings is 1. The number of carbonyl (C=O) groups excluding carboxylic acids is 2. The number of amides is 2. The zero-order chi connectivity index (χ0) is 20.1. The Balaban J connectivity index is 1.40. The summed E-state index contributed by atoms with van der Waals surface area (Å²) in [5.74, 6) is -2.58. The Morgan fingerprint density at radius 1 is 1.00 bits per heavy atom. The van der Waals surface area contributed by atoms with Crippen molar-refractivity contribution >= 4 is 34.1 Å². The molecule has 1 aromatic heterocycles. The average molecular weight is 415 g/mol. The molecule has 0 radical (unpaired) electrons. The van der Waals surface area contributed by atoms with Crippen LogP contribution in [0.3, 0.4) is 0 Å². The number of anilines is 1. The molecule has 0 spiro atoms. The molecule has 2 amide bonds. The van der Waals surface area contributed by atoms with Crippen molar-refractivity contribution in [1.82, 2.24) is 5.32 Å². The van der Waals surface area contributed by atoms with Crippen LogP contribution in [0.15, 0.2) is 12.2 Å². The molecule has 0 aliphatic heterocycles. The minimum absolute atomic E-state index is 0.0244. The van der Waals surface area contributed by atoms with Gasteiger partial charge < -0.3 is 15.7 Å².